The molecule has 9 heteroatoms. The van der Waals surface area contributed by atoms with Gasteiger partial charge in [0, 0.05) is 38.7 Å². The monoisotopic (exact) mass is 503 g/mol. The molecule has 0 saturated carbocycles. The molecule has 2 aromatic rings. The lowest BCUT2D eigenvalue weighted by atomic mass is 9.93. The summed E-state index contributed by atoms with van der Waals surface area (Å²) in [6.45, 7) is 10.6. The van der Waals surface area contributed by atoms with Crippen LogP contribution in [0.4, 0.5) is 10.5 Å². The molecule has 200 valence electrons. The van der Waals surface area contributed by atoms with E-state index in [2.05, 4.69) is 15.0 Å². The first-order valence-corrected chi connectivity index (χ1v) is 12.5. The average Bonchev–Trinajstić information content (AvgIpc) is 2.87. The van der Waals surface area contributed by atoms with Gasteiger partial charge in [-0.2, -0.15) is 0 Å². The number of nitrogens with one attached hydrogen (secondary N) is 1. The minimum absolute atomic E-state index is 0.0328. The molecular formula is C27H41N3O6. The maximum Gasteiger partial charge on any atom is 0.410 e. The second kappa shape index (κ2) is 14.5. The van der Waals surface area contributed by atoms with Crippen molar-refractivity contribution in [3.8, 4) is 11.5 Å². The van der Waals surface area contributed by atoms with Crippen molar-refractivity contribution in [2.75, 3.05) is 52.4 Å². The van der Waals surface area contributed by atoms with Crippen LogP contribution in [0, 0.1) is 5.92 Å². The molecule has 1 aliphatic heterocycles. The fourth-order valence-electron chi connectivity index (χ4n) is 3.83. The number of aromatic nitrogens is 1. The lowest BCUT2D eigenvalue weighted by Crippen LogP contribution is -2.41. The van der Waals surface area contributed by atoms with Gasteiger partial charge >= 0.3 is 6.09 Å². The standard InChI is InChI=1S/C24H33N3O5.C3H8O/c1-24(2,3)32-23(29)27-11-8-17(9-12-27)7-10-25-22-19-15-18(30-4)5-6-20(19)26-16-21(22)31-14-13-28;1-3-4-2/h5-6,13,15-17H,7-12,14H2,1-4H3,(H,25,26);3H2,1-2H3. The first kappa shape index (κ1) is 29.2. The van der Waals surface area contributed by atoms with E-state index < -0.39 is 5.60 Å². The Labute approximate surface area is 214 Å². The molecule has 1 aliphatic rings. The highest BCUT2D eigenvalue weighted by Crippen LogP contribution is 2.34. The molecule has 0 aliphatic carbocycles. The number of nitrogens with zero attached hydrogens (tertiary/aromatic N) is 2. The molecule has 0 bridgehead atoms. The Morgan fingerprint density at radius 1 is 1.22 bits per heavy atom. The van der Waals surface area contributed by atoms with Crippen molar-refractivity contribution in [2.24, 2.45) is 5.92 Å². The molecule has 9 nitrogen and oxygen atoms in total. The SMILES string of the molecule is CCOC.COc1ccc2ncc(OCC=O)c(NCCC3CCN(C(=O)OC(C)(C)C)CC3)c2c1. The number of carbonyl (C=O) groups excluding carboxylic acids is 2. The molecule has 1 fully saturated rings. The topological polar surface area (TPSA) is 99.2 Å². The average molecular weight is 504 g/mol. The normalized spacial score (nSPS) is 14.0. The Balaban J connectivity index is 0.00000106. The highest BCUT2D eigenvalue weighted by atomic mass is 16.6. The van der Waals surface area contributed by atoms with Crippen molar-refractivity contribution < 1.29 is 28.5 Å². The van der Waals surface area contributed by atoms with Gasteiger partial charge < -0.3 is 29.2 Å². The predicted molar refractivity (Wildman–Crippen MR) is 141 cm³/mol. The summed E-state index contributed by atoms with van der Waals surface area (Å²) < 4.78 is 21.0. The zero-order valence-electron chi connectivity index (χ0n) is 22.5. The molecule has 0 atom stereocenters. The molecule has 0 radical (unpaired) electrons. The molecule has 36 heavy (non-hydrogen) atoms. The lowest BCUT2D eigenvalue weighted by molar-refractivity contribution is -0.109. The van der Waals surface area contributed by atoms with E-state index in [4.69, 9.17) is 14.2 Å². The van der Waals surface area contributed by atoms with Gasteiger partial charge in [-0.05, 0) is 71.1 Å². The van der Waals surface area contributed by atoms with Crippen LogP contribution in [0.5, 0.6) is 11.5 Å². The van der Waals surface area contributed by atoms with Gasteiger partial charge in [-0.15, -0.1) is 0 Å². The fraction of sp³-hybridized carbons (Fsp3) is 0.593. The van der Waals surface area contributed by atoms with Crippen molar-refractivity contribution in [2.45, 2.75) is 52.6 Å². The van der Waals surface area contributed by atoms with Gasteiger partial charge in [-0.1, -0.05) is 0 Å². The first-order valence-electron chi connectivity index (χ1n) is 12.5. The summed E-state index contributed by atoms with van der Waals surface area (Å²) >= 11 is 0. The Morgan fingerprint density at radius 2 is 1.92 bits per heavy atom. The number of pyridine rings is 1. The quantitative estimate of drug-likeness (QED) is 0.481. The number of fused-ring (bicyclic) bond motifs is 1. The molecule has 1 aromatic carbocycles. The number of hydrogen-bond acceptors (Lipinski definition) is 8. The third-order valence-electron chi connectivity index (χ3n) is 5.76. The maximum absolute atomic E-state index is 12.3. The van der Waals surface area contributed by atoms with Crippen LogP contribution >= 0.6 is 0 Å². The second-order valence-corrected chi connectivity index (χ2v) is 9.56. The number of carbonyl (C=O) groups is 2. The van der Waals surface area contributed by atoms with Crippen LogP contribution in [-0.4, -0.2) is 74.9 Å². The van der Waals surface area contributed by atoms with Crippen LogP contribution in [-0.2, 0) is 14.3 Å². The summed E-state index contributed by atoms with van der Waals surface area (Å²) in [7, 11) is 3.30. The van der Waals surface area contributed by atoms with Gasteiger partial charge in [0.15, 0.2) is 12.0 Å². The molecule has 1 aromatic heterocycles. The second-order valence-electron chi connectivity index (χ2n) is 9.56. The summed E-state index contributed by atoms with van der Waals surface area (Å²) in [6, 6.07) is 5.68. The van der Waals surface area contributed by atoms with Crippen molar-refractivity contribution in [3.05, 3.63) is 24.4 Å². The number of likely N-dealkylation sites (tertiary alicyclic amines) is 1. The summed E-state index contributed by atoms with van der Waals surface area (Å²) in [5, 5.41) is 4.37. The predicted octanol–water partition coefficient (Wildman–Crippen LogP) is 4.92. The van der Waals surface area contributed by atoms with Crippen LogP contribution in [0.25, 0.3) is 10.9 Å². The van der Waals surface area contributed by atoms with Crippen molar-refractivity contribution in [3.63, 3.8) is 0 Å². The number of benzene rings is 1. The highest BCUT2D eigenvalue weighted by molar-refractivity contribution is 5.95. The van der Waals surface area contributed by atoms with Crippen molar-refractivity contribution in [1.82, 2.24) is 9.88 Å². The van der Waals surface area contributed by atoms with Crippen molar-refractivity contribution in [1.29, 1.82) is 0 Å². The number of methoxy groups -OCH3 is 2. The number of amides is 1. The third kappa shape index (κ3) is 9.18. The van der Waals surface area contributed by atoms with Crippen LogP contribution < -0.4 is 14.8 Å². The van der Waals surface area contributed by atoms with E-state index in [1.165, 1.54) is 0 Å². The third-order valence-corrected chi connectivity index (χ3v) is 5.76. The van der Waals surface area contributed by atoms with E-state index >= 15 is 0 Å². The van der Waals surface area contributed by atoms with Crippen molar-refractivity contribution >= 4 is 29.0 Å². The van der Waals surface area contributed by atoms with Crippen LogP contribution in [0.2, 0.25) is 0 Å². The van der Waals surface area contributed by atoms with Gasteiger partial charge in [0.1, 0.15) is 18.0 Å². The number of piperidine rings is 1. The largest absolute Gasteiger partial charge is 0.497 e. The minimum atomic E-state index is -0.475. The Morgan fingerprint density at radius 3 is 2.50 bits per heavy atom. The van der Waals surface area contributed by atoms with Crippen LogP contribution in [0.1, 0.15) is 47.0 Å². The van der Waals surface area contributed by atoms with Gasteiger partial charge in [0.05, 0.1) is 24.5 Å². The Hall–Kier alpha value is -3.07. The number of hydrogen-bond donors (Lipinski definition) is 1. The number of anilines is 1. The molecule has 2 heterocycles. The number of ether oxygens (including phenoxy) is 4. The van der Waals surface area contributed by atoms with Gasteiger partial charge in [0.25, 0.3) is 0 Å². The molecule has 1 amide bonds. The zero-order chi connectivity index (χ0) is 26.6. The number of aldehydes is 1. The number of rotatable bonds is 9. The van der Waals surface area contributed by atoms with E-state index in [0.29, 0.717) is 24.8 Å². The van der Waals surface area contributed by atoms with Gasteiger partial charge in [0.2, 0.25) is 0 Å². The van der Waals surface area contributed by atoms with Crippen LogP contribution in [0.3, 0.4) is 0 Å². The summed E-state index contributed by atoms with van der Waals surface area (Å²) in [5.41, 5.74) is 1.15. The minimum Gasteiger partial charge on any atom is -0.497 e. The summed E-state index contributed by atoms with van der Waals surface area (Å²) in [5.74, 6) is 1.78. The maximum atomic E-state index is 12.3. The molecule has 3 rings (SSSR count). The molecule has 1 saturated heterocycles. The van der Waals surface area contributed by atoms with E-state index in [0.717, 1.165) is 61.0 Å². The van der Waals surface area contributed by atoms with E-state index in [1.807, 2.05) is 45.9 Å². The van der Waals surface area contributed by atoms with E-state index in [9.17, 15) is 9.59 Å². The lowest BCUT2D eigenvalue weighted by Gasteiger charge is -2.33. The zero-order valence-corrected chi connectivity index (χ0v) is 22.5. The smallest absolute Gasteiger partial charge is 0.410 e. The summed E-state index contributed by atoms with van der Waals surface area (Å²) in [6.07, 6.45) is 4.98. The summed E-state index contributed by atoms with van der Waals surface area (Å²) in [4.78, 5) is 29.3. The molecular weight excluding hydrogens is 462 g/mol. The van der Waals surface area contributed by atoms with E-state index in [1.54, 1.807) is 25.3 Å². The molecule has 0 spiro atoms. The fourth-order valence-corrected chi connectivity index (χ4v) is 3.83. The van der Waals surface area contributed by atoms with Gasteiger partial charge in [-0.25, -0.2) is 4.79 Å². The Bertz CT molecular complexity index is 966. The molecule has 0 unspecified atom stereocenters. The van der Waals surface area contributed by atoms with Gasteiger partial charge in [-0.3, -0.25) is 9.78 Å². The first-order chi connectivity index (χ1) is 17.2. The molecule has 1 N–H and O–H groups in total. The Kier molecular flexibility index (Phi) is 11.7. The van der Waals surface area contributed by atoms with Crippen LogP contribution in [0.15, 0.2) is 24.4 Å². The highest BCUT2D eigenvalue weighted by Gasteiger charge is 2.26. The van der Waals surface area contributed by atoms with E-state index in [-0.39, 0.29) is 12.7 Å².